The van der Waals surface area contributed by atoms with Crippen molar-refractivity contribution in [2.24, 2.45) is 5.73 Å². The van der Waals surface area contributed by atoms with Crippen molar-refractivity contribution in [3.63, 3.8) is 0 Å². The van der Waals surface area contributed by atoms with Crippen molar-refractivity contribution in [3.8, 4) is 0 Å². The predicted molar refractivity (Wildman–Crippen MR) is 68.5 cm³/mol. The third-order valence-electron chi connectivity index (χ3n) is 3.83. The minimum atomic E-state index is 0.364. The Morgan fingerprint density at radius 1 is 1.25 bits per heavy atom. The first-order valence-corrected chi connectivity index (χ1v) is 6.11. The maximum absolute atomic E-state index is 6.07. The van der Waals surface area contributed by atoms with Gasteiger partial charge in [-0.2, -0.15) is 0 Å². The highest BCUT2D eigenvalue weighted by Crippen LogP contribution is 2.29. The minimum Gasteiger partial charge on any atom is -0.328 e. The van der Waals surface area contributed by atoms with Gasteiger partial charge in [-0.15, -0.1) is 0 Å². The van der Waals surface area contributed by atoms with Crippen LogP contribution >= 0.6 is 0 Å². The smallest absolute Gasteiger partial charge is 0.0359 e. The van der Waals surface area contributed by atoms with Crippen LogP contribution in [0, 0.1) is 13.8 Å². The van der Waals surface area contributed by atoms with E-state index in [-0.39, 0.29) is 0 Å². The lowest BCUT2D eigenvalue weighted by Gasteiger charge is -2.36. The summed E-state index contributed by atoms with van der Waals surface area (Å²) in [5.41, 5.74) is 10.2. The molecule has 1 aromatic rings. The van der Waals surface area contributed by atoms with Gasteiger partial charge >= 0.3 is 0 Å². The van der Waals surface area contributed by atoms with Gasteiger partial charge < -0.3 is 5.73 Å². The van der Waals surface area contributed by atoms with Crippen molar-refractivity contribution < 1.29 is 0 Å². The lowest BCUT2D eigenvalue weighted by molar-refractivity contribution is 0.171. The molecule has 1 fully saturated rings. The number of nitrogens with two attached hydrogens (primary N) is 1. The van der Waals surface area contributed by atoms with Gasteiger partial charge in [0, 0.05) is 12.1 Å². The third-order valence-corrected chi connectivity index (χ3v) is 3.83. The highest BCUT2D eigenvalue weighted by molar-refractivity contribution is 5.32. The first-order valence-electron chi connectivity index (χ1n) is 6.11. The Morgan fingerprint density at radius 3 is 2.69 bits per heavy atom. The van der Waals surface area contributed by atoms with Crippen LogP contribution in [0.2, 0.25) is 0 Å². The number of aryl methyl sites for hydroxylation is 2. The molecular formula is C14H22N2. The second-order valence-corrected chi connectivity index (χ2v) is 5.12. The fraction of sp³-hybridized carbons (Fsp3) is 0.571. The number of benzene rings is 1. The van der Waals surface area contributed by atoms with Crippen molar-refractivity contribution >= 4 is 0 Å². The molecule has 0 amide bonds. The molecule has 2 unspecified atom stereocenters. The summed E-state index contributed by atoms with van der Waals surface area (Å²) in [5, 5.41) is 0. The lowest BCUT2D eigenvalue weighted by Crippen LogP contribution is -2.39. The molecule has 1 heterocycles. The zero-order chi connectivity index (χ0) is 11.7. The molecule has 0 aromatic heterocycles. The minimum absolute atomic E-state index is 0.364. The summed E-state index contributed by atoms with van der Waals surface area (Å²) < 4.78 is 0. The van der Waals surface area contributed by atoms with Gasteiger partial charge in [-0.1, -0.05) is 18.2 Å². The molecule has 2 atom stereocenters. The van der Waals surface area contributed by atoms with E-state index in [1.807, 2.05) is 0 Å². The second-order valence-electron chi connectivity index (χ2n) is 5.12. The van der Waals surface area contributed by atoms with E-state index in [1.54, 1.807) is 0 Å². The molecule has 16 heavy (non-hydrogen) atoms. The van der Waals surface area contributed by atoms with Crippen LogP contribution in [0.1, 0.15) is 35.6 Å². The predicted octanol–water partition coefficient (Wildman–Crippen LogP) is 2.40. The Hall–Kier alpha value is -0.860. The van der Waals surface area contributed by atoms with Crippen LogP contribution in [-0.4, -0.2) is 24.5 Å². The highest BCUT2D eigenvalue weighted by atomic mass is 15.1. The molecule has 2 nitrogen and oxygen atoms in total. The Labute approximate surface area is 98.4 Å². The van der Waals surface area contributed by atoms with E-state index in [4.69, 9.17) is 5.73 Å². The maximum atomic E-state index is 6.07. The van der Waals surface area contributed by atoms with Gasteiger partial charge in [0.25, 0.3) is 0 Å². The number of rotatable bonds is 1. The third kappa shape index (κ3) is 2.28. The van der Waals surface area contributed by atoms with Gasteiger partial charge in [-0.05, 0) is 57.0 Å². The molecule has 0 bridgehead atoms. The van der Waals surface area contributed by atoms with Crippen molar-refractivity contribution in [2.75, 3.05) is 13.6 Å². The van der Waals surface area contributed by atoms with Crippen LogP contribution in [0.15, 0.2) is 18.2 Å². The number of piperidine rings is 1. The summed E-state index contributed by atoms with van der Waals surface area (Å²) in [7, 11) is 2.20. The summed E-state index contributed by atoms with van der Waals surface area (Å²) in [6, 6.07) is 7.65. The number of hydrogen-bond donors (Lipinski definition) is 1. The molecule has 2 N–H and O–H groups in total. The van der Waals surface area contributed by atoms with E-state index in [0.717, 1.165) is 19.4 Å². The normalized spacial score (nSPS) is 27.0. The van der Waals surface area contributed by atoms with Gasteiger partial charge in [-0.3, -0.25) is 4.90 Å². The molecule has 0 spiro atoms. The van der Waals surface area contributed by atoms with Crippen molar-refractivity contribution in [2.45, 2.75) is 38.8 Å². The first-order chi connectivity index (χ1) is 7.58. The average molecular weight is 218 g/mol. The molecule has 2 heteroatoms. The SMILES string of the molecule is Cc1ccc(C2CC(N)CCN2C)cc1C. The Kier molecular flexibility index (Phi) is 3.31. The standard InChI is InChI=1S/C14H22N2/c1-10-4-5-12(8-11(10)2)14-9-13(15)6-7-16(14)3/h4-5,8,13-14H,6-7,9,15H2,1-3H3. The average Bonchev–Trinajstić information content (AvgIpc) is 2.26. The number of likely N-dealkylation sites (tertiary alicyclic amines) is 1. The van der Waals surface area contributed by atoms with E-state index >= 15 is 0 Å². The molecule has 88 valence electrons. The molecule has 1 aromatic carbocycles. The zero-order valence-corrected chi connectivity index (χ0v) is 10.5. The van der Waals surface area contributed by atoms with Gasteiger partial charge in [0.05, 0.1) is 0 Å². The summed E-state index contributed by atoms with van der Waals surface area (Å²) >= 11 is 0. The highest BCUT2D eigenvalue weighted by Gasteiger charge is 2.25. The summed E-state index contributed by atoms with van der Waals surface area (Å²) in [4.78, 5) is 2.42. The summed E-state index contributed by atoms with van der Waals surface area (Å²) in [6.45, 7) is 5.45. The van der Waals surface area contributed by atoms with Crippen molar-refractivity contribution in [1.82, 2.24) is 4.90 Å². The summed E-state index contributed by atoms with van der Waals surface area (Å²) in [6.07, 6.45) is 2.21. The number of nitrogens with zero attached hydrogens (tertiary/aromatic N) is 1. The Morgan fingerprint density at radius 2 is 2.00 bits per heavy atom. The van der Waals surface area contributed by atoms with E-state index in [0.29, 0.717) is 12.1 Å². The van der Waals surface area contributed by atoms with Gasteiger partial charge in [0.15, 0.2) is 0 Å². The lowest BCUT2D eigenvalue weighted by atomic mass is 9.91. The van der Waals surface area contributed by atoms with Crippen LogP contribution in [0.3, 0.4) is 0 Å². The Balaban J connectivity index is 2.24. The van der Waals surface area contributed by atoms with Crippen LogP contribution in [0.5, 0.6) is 0 Å². The molecule has 0 saturated carbocycles. The molecular weight excluding hydrogens is 196 g/mol. The topological polar surface area (TPSA) is 29.3 Å². The van der Waals surface area contributed by atoms with Crippen LogP contribution in [0.25, 0.3) is 0 Å². The quantitative estimate of drug-likeness (QED) is 0.784. The molecule has 0 radical (unpaired) electrons. The Bertz CT molecular complexity index is 373. The fourth-order valence-electron chi connectivity index (χ4n) is 2.47. The molecule has 1 saturated heterocycles. The van der Waals surface area contributed by atoms with E-state index in [9.17, 15) is 0 Å². The number of hydrogen-bond acceptors (Lipinski definition) is 2. The molecule has 1 aliphatic rings. The van der Waals surface area contributed by atoms with Crippen LogP contribution < -0.4 is 5.73 Å². The first kappa shape index (κ1) is 11.6. The fourth-order valence-corrected chi connectivity index (χ4v) is 2.47. The van der Waals surface area contributed by atoms with Gasteiger partial charge in [-0.25, -0.2) is 0 Å². The van der Waals surface area contributed by atoms with Gasteiger partial charge in [0.1, 0.15) is 0 Å². The largest absolute Gasteiger partial charge is 0.328 e. The molecule has 2 rings (SSSR count). The van der Waals surface area contributed by atoms with E-state index in [1.165, 1.54) is 16.7 Å². The van der Waals surface area contributed by atoms with Crippen molar-refractivity contribution in [1.29, 1.82) is 0 Å². The van der Waals surface area contributed by atoms with Crippen molar-refractivity contribution in [3.05, 3.63) is 34.9 Å². The molecule has 1 aliphatic heterocycles. The van der Waals surface area contributed by atoms with E-state index < -0.39 is 0 Å². The van der Waals surface area contributed by atoms with Crippen LogP contribution in [-0.2, 0) is 0 Å². The summed E-state index contributed by atoms with van der Waals surface area (Å²) in [5.74, 6) is 0. The second kappa shape index (κ2) is 4.56. The van der Waals surface area contributed by atoms with Gasteiger partial charge in [0.2, 0.25) is 0 Å². The van der Waals surface area contributed by atoms with E-state index in [2.05, 4.69) is 44.0 Å². The zero-order valence-electron chi connectivity index (χ0n) is 10.5. The molecule has 0 aliphatic carbocycles. The monoisotopic (exact) mass is 218 g/mol. The maximum Gasteiger partial charge on any atom is 0.0359 e. The van der Waals surface area contributed by atoms with Crippen LogP contribution in [0.4, 0.5) is 0 Å².